The molecule has 1 aromatic carbocycles. The van der Waals surface area contributed by atoms with Gasteiger partial charge in [0.1, 0.15) is 6.54 Å². The molecule has 116 valence electrons. The number of rotatable bonds is 7. The molecule has 1 rings (SSSR count). The molecule has 0 heterocycles. The predicted molar refractivity (Wildman–Crippen MR) is 83.4 cm³/mol. The first-order valence-corrected chi connectivity index (χ1v) is 7.21. The van der Waals surface area contributed by atoms with Gasteiger partial charge in [0.05, 0.1) is 12.7 Å². The molecule has 5 heteroatoms. The summed E-state index contributed by atoms with van der Waals surface area (Å²) in [4.78, 5) is 25.7. The van der Waals surface area contributed by atoms with Crippen LogP contribution in [0.5, 0.6) is 0 Å². The lowest BCUT2D eigenvalue weighted by atomic mass is 10.1. The fourth-order valence-electron chi connectivity index (χ4n) is 2.02. The molecule has 0 bridgehead atoms. The van der Waals surface area contributed by atoms with Crippen molar-refractivity contribution in [2.45, 2.75) is 33.2 Å². The van der Waals surface area contributed by atoms with Crippen LogP contribution in [0.15, 0.2) is 24.3 Å². The van der Waals surface area contributed by atoms with Gasteiger partial charge in [-0.25, -0.2) is 0 Å². The van der Waals surface area contributed by atoms with Gasteiger partial charge >= 0.3 is 5.97 Å². The third-order valence-corrected chi connectivity index (χ3v) is 2.93. The van der Waals surface area contributed by atoms with Crippen molar-refractivity contribution >= 4 is 17.6 Å². The third-order valence-electron chi connectivity index (χ3n) is 2.93. The second-order valence-corrected chi connectivity index (χ2v) is 5.15. The van der Waals surface area contributed by atoms with Gasteiger partial charge in [-0.2, -0.15) is 0 Å². The Kier molecular flexibility index (Phi) is 6.72. The number of hydrogen-bond acceptors (Lipinski definition) is 4. The van der Waals surface area contributed by atoms with Crippen molar-refractivity contribution < 1.29 is 14.3 Å². The van der Waals surface area contributed by atoms with E-state index in [1.807, 2.05) is 39.0 Å². The van der Waals surface area contributed by atoms with Crippen molar-refractivity contribution in [2.24, 2.45) is 0 Å². The normalized spacial score (nSPS) is 10.3. The number of anilines is 1. The number of carbonyl (C=O) groups excluding carboxylic acids is 2. The molecule has 0 aliphatic rings. The molecule has 0 aliphatic carbocycles. The van der Waals surface area contributed by atoms with E-state index in [4.69, 9.17) is 0 Å². The summed E-state index contributed by atoms with van der Waals surface area (Å²) in [5, 5.41) is 3.25. The molecule has 1 aromatic rings. The summed E-state index contributed by atoms with van der Waals surface area (Å²) >= 11 is 0. The molecular weight excluding hydrogens is 268 g/mol. The Morgan fingerprint density at radius 2 is 1.95 bits per heavy atom. The highest BCUT2D eigenvalue weighted by Gasteiger charge is 2.21. The van der Waals surface area contributed by atoms with E-state index >= 15 is 0 Å². The van der Waals surface area contributed by atoms with E-state index in [2.05, 4.69) is 10.1 Å². The van der Waals surface area contributed by atoms with Crippen LogP contribution in [0.2, 0.25) is 0 Å². The lowest BCUT2D eigenvalue weighted by Gasteiger charge is -2.23. The molecule has 0 fully saturated rings. The summed E-state index contributed by atoms with van der Waals surface area (Å²) in [5.41, 5.74) is 1.35. The second kappa shape index (κ2) is 8.29. The zero-order chi connectivity index (χ0) is 15.8. The Morgan fingerprint density at radius 1 is 1.29 bits per heavy atom. The highest BCUT2D eigenvalue weighted by molar-refractivity contribution is 6.00. The third kappa shape index (κ3) is 5.10. The van der Waals surface area contributed by atoms with Crippen LogP contribution in [-0.4, -0.2) is 43.0 Å². The van der Waals surface area contributed by atoms with Crippen LogP contribution in [0.25, 0.3) is 0 Å². The number of para-hydroxylation sites is 1. The van der Waals surface area contributed by atoms with E-state index in [0.29, 0.717) is 12.1 Å². The van der Waals surface area contributed by atoms with Gasteiger partial charge in [-0.15, -0.1) is 0 Å². The lowest BCUT2D eigenvalue weighted by molar-refractivity contribution is -0.141. The largest absolute Gasteiger partial charge is 0.468 e. The molecule has 5 nitrogen and oxygen atoms in total. The van der Waals surface area contributed by atoms with Gasteiger partial charge in [-0.3, -0.25) is 9.59 Å². The van der Waals surface area contributed by atoms with Crippen LogP contribution >= 0.6 is 0 Å². The lowest BCUT2D eigenvalue weighted by Crippen LogP contribution is -2.37. The molecule has 21 heavy (non-hydrogen) atoms. The number of nitrogens with one attached hydrogen (secondary N) is 1. The SMILES string of the molecule is CCCN(CC(=O)OC)C(=O)c1ccccc1NC(C)C. The molecule has 0 atom stereocenters. The van der Waals surface area contributed by atoms with E-state index in [1.165, 1.54) is 12.0 Å². The maximum Gasteiger partial charge on any atom is 0.325 e. The number of methoxy groups -OCH3 is 1. The van der Waals surface area contributed by atoms with Crippen LogP contribution in [0, 0.1) is 0 Å². The first kappa shape index (κ1) is 17.0. The van der Waals surface area contributed by atoms with Gasteiger partial charge in [-0.1, -0.05) is 19.1 Å². The minimum Gasteiger partial charge on any atom is -0.468 e. The highest BCUT2D eigenvalue weighted by Crippen LogP contribution is 2.18. The molecule has 0 spiro atoms. The Labute approximate surface area is 126 Å². The summed E-state index contributed by atoms with van der Waals surface area (Å²) in [6.45, 7) is 6.48. The zero-order valence-electron chi connectivity index (χ0n) is 13.2. The Hall–Kier alpha value is -2.04. The van der Waals surface area contributed by atoms with Gasteiger partial charge < -0.3 is 15.0 Å². The minimum atomic E-state index is -0.411. The highest BCUT2D eigenvalue weighted by atomic mass is 16.5. The summed E-state index contributed by atoms with van der Waals surface area (Å²) in [5.74, 6) is -0.572. The minimum absolute atomic E-state index is 0.0286. The molecule has 1 N–H and O–H groups in total. The van der Waals surface area contributed by atoms with Crippen LogP contribution in [0.1, 0.15) is 37.6 Å². The summed E-state index contributed by atoms with van der Waals surface area (Å²) in [7, 11) is 1.32. The maximum absolute atomic E-state index is 12.7. The zero-order valence-corrected chi connectivity index (χ0v) is 13.2. The number of nitrogens with zero attached hydrogens (tertiary/aromatic N) is 1. The van der Waals surface area contributed by atoms with Crippen LogP contribution in [0.3, 0.4) is 0 Å². The first-order valence-electron chi connectivity index (χ1n) is 7.21. The first-order chi connectivity index (χ1) is 9.99. The molecule has 0 unspecified atom stereocenters. The Balaban J connectivity index is 3.00. The Morgan fingerprint density at radius 3 is 2.52 bits per heavy atom. The maximum atomic E-state index is 12.7. The fraction of sp³-hybridized carbons (Fsp3) is 0.500. The number of amides is 1. The van der Waals surface area contributed by atoms with Crippen molar-refractivity contribution in [3.63, 3.8) is 0 Å². The van der Waals surface area contributed by atoms with E-state index < -0.39 is 5.97 Å². The molecule has 0 saturated carbocycles. The molecular formula is C16H24N2O3. The quantitative estimate of drug-likeness (QED) is 0.785. The summed E-state index contributed by atoms with van der Waals surface area (Å²) in [6.07, 6.45) is 0.780. The van der Waals surface area contributed by atoms with Crippen molar-refractivity contribution in [1.82, 2.24) is 4.90 Å². The van der Waals surface area contributed by atoms with E-state index in [9.17, 15) is 9.59 Å². The van der Waals surface area contributed by atoms with Gasteiger partial charge in [0.2, 0.25) is 0 Å². The van der Waals surface area contributed by atoms with Crippen molar-refractivity contribution in [3.8, 4) is 0 Å². The standard InChI is InChI=1S/C16H24N2O3/c1-5-10-18(11-15(19)21-4)16(20)13-8-6-7-9-14(13)17-12(2)3/h6-9,12,17H,5,10-11H2,1-4H3. The smallest absolute Gasteiger partial charge is 0.325 e. The number of benzene rings is 1. The summed E-state index contributed by atoms with van der Waals surface area (Å²) < 4.78 is 4.66. The van der Waals surface area contributed by atoms with Crippen LogP contribution in [0.4, 0.5) is 5.69 Å². The average molecular weight is 292 g/mol. The van der Waals surface area contributed by atoms with Gasteiger partial charge in [0, 0.05) is 18.3 Å². The summed E-state index contributed by atoms with van der Waals surface area (Å²) in [6, 6.07) is 7.56. The van der Waals surface area contributed by atoms with E-state index in [1.54, 1.807) is 6.07 Å². The van der Waals surface area contributed by atoms with Gasteiger partial charge in [0.25, 0.3) is 5.91 Å². The van der Waals surface area contributed by atoms with Gasteiger partial charge in [-0.05, 0) is 32.4 Å². The Bertz CT molecular complexity index is 486. The van der Waals surface area contributed by atoms with Crippen molar-refractivity contribution in [3.05, 3.63) is 29.8 Å². The molecule has 0 saturated heterocycles. The predicted octanol–water partition coefficient (Wildman–Crippen LogP) is 2.53. The van der Waals surface area contributed by atoms with Crippen LogP contribution in [-0.2, 0) is 9.53 Å². The molecule has 0 radical (unpaired) electrons. The number of esters is 1. The molecule has 0 aromatic heterocycles. The van der Waals surface area contributed by atoms with Crippen molar-refractivity contribution in [1.29, 1.82) is 0 Å². The molecule has 0 aliphatic heterocycles. The monoisotopic (exact) mass is 292 g/mol. The van der Waals surface area contributed by atoms with Crippen molar-refractivity contribution in [2.75, 3.05) is 25.5 Å². The average Bonchev–Trinajstić information content (AvgIpc) is 2.46. The fourth-order valence-corrected chi connectivity index (χ4v) is 2.02. The second-order valence-electron chi connectivity index (χ2n) is 5.15. The van der Waals surface area contributed by atoms with E-state index in [0.717, 1.165) is 12.1 Å². The van der Waals surface area contributed by atoms with Crippen LogP contribution < -0.4 is 5.32 Å². The number of hydrogen-bond donors (Lipinski definition) is 1. The van der Waals surface area contributed by atoms with E-state index in [-0.39, 0.29) is 18.5 Å². The number of ether oxygens (including phenoxy) is 1. The molecule has 1 amide bonds. The topological polar surface area (TPSA) is 58.6 Å². The number of carbonyl (C=O) groups is 2. The van der Waals surface area contributed by atoms with Gasteiger partial charge in [0.15, 0.2) is 0 Å².